The topological polar surface area (TPSA) is 32.3 Å². The van der Waals surface area contributed by atoms with Gasteiger partial charge in [-0.05, 0) is 11.6 Å². The Morgan fingerprint density at radius 3 is 2.14 bits per heavy atom. The monoisotopic (exact) mass is 328 g/mol. The largest absolute Gasteiger partial charge is 0.416 e. The second-order valence-electron chi connectivity index (χ2n) is 4.73. The summed E-state index contributed by atoms with van der Waals surface area (Å²) < 4.78 is 77.8. The number of halogens is 6. The van der Waals surface area contributed by atoms with E-state index in [1.54, 1.807) is 0 Å². The summed E-state index contributed by atoms with van der Waals surface area (Å²) in [5.41, 5.74) is -2.35. The van der Waals surface area contributed by atoms with Crippen molar-refractivity contribution in [3.8, 4) is 0 Å². The number of hydrogen-bond acceptors (Lipinski definition) is 2. The molecule has 0 spiro atoms. The summed E-state index contributed by atoms with van der Waals surface area (Å²) in [6.45, 7) is -0.733. The van der Waals surface area contributed by atoms with Crippen molar-refractivity contribution in [1.82, 2.24) is 10.2 Å². The minimum atomic E-state index is -4.98. The van der Waals surface area contributed by atoms with Gasteiger partial charge in [0.05, 0.1) is 12.1 Å². The van der Waals surface area contributed by atoms with Crippen LogP contribution in [0.3, 0.4) is 0 Å². The molecule has 1 aromatic rings. The minimum Gasteiger partial charge on any atom is -0.348 e. The number of carbonyl (C=O) groups is 1. The third-order valence-electron chi connectivity index (χ3n) is 2.86. The highest BCUT2D eigenvalue weighted by atomic mass is 19.4. The molecule has 1 amide bonds. The summed E-state index contributed by atoms with van der Waals surface area (Å²) >= 11 is 0. The smallest absolute Gasteiger partial charge is 0.348 e. The lowest BCUT2D eigenvalue weighted by Crippen LogP contribution is -2.41. The van der Waals surface area contributed by atoms with Gasteiger partial charge in [-0.25, -0.2) is 0 Å². The van der Waals surface area contributed by atoms with Gasteiger partial charge in [0.1, 0.15) is 6.04 Å². The van der Waals surface area contributed by atoms with E-state index in [2.05, 4.69) is 0 Å². The quantitative estimate of drug-likeness (QED) is 0.862. The highest BCUT2D eigenvalue weighted by Crippen LogP contribution is 2.40. The summed E-state index contributed by atoms with van der Waals surface area (Å²) in [6, 6.07) is 0.815. The van der Waals surface area contributed by atoms with E-state index >= 15 is 0 Å². The van der Waals surface area contributed by atoms with Crippen LogP contribution in [0.1, 0.15) is 17.2 Å². The lowest BCUT2D eigenvalue weighted by molar-refractivity contribution is -0.163. The van der Waals surface area contributed by atoms with Crippen molar-refractivity contribution in [1.29, 1.82) is 0 Å². The summed E-state index contributed by atoms with van der Waals surface area (Å²) in [6.07, 6.45) is -9.90. The number of amides is 1. The maximum absolute atomic E-state index is 13.1. The molecule has 0 saturated heterocycles. The van der Waals surface area contributed by atoms with Gasteiger partial charge < -0.3 is 4.90 Å². The molecule has 0 aliphatic heterocycles. The molecular weight excluding hydrogens is 314 g/mol. The van der Waals surface area contributed by atoms with Crippen molar-refractivity contribution in [2.45, 2.75) is 18.4 Å². The van der Waals surface area contributed by atoms with E-state index in [1.165, 1.54) is 14.1 Å². The van der Waals surface area contributed by atoms with Crippen molar-refractivity contribution in [3.05, 3.63) is 35.4 Å². The Hall–Kier alpha value is -1.77. The molecule has 0 aliphatic carbocycles. The molecule has 1 aromatic carbocycles. The number of nitrogens with one attached hydrogen (secondary N) is 1. The first-order chi connectivity index (χ1) is 9.94. The van der Waals surface area contributed by atoms with Gasteiger partial charge in [0, 0.05) is 14.1 Å². The van der Waals surface area contributed by atoms with Crippen LogP contribution in [0.2, 0.25) is 0 Å². The van der Waals surface area contributed by atoms with Crippen molar-refractivity contribution in [2.24, 2.45) is 0 Å². The van der Waals surface area contributed by atoms with Crippen molar-refractivity contribution >= 4 is 5.91 Å². The zero-order valence-electron chi connectivity index (χ0n) is 11.7. The summed E-state index contributed by atoms with van der Waals surface area (Å²) in [7, 11) is 2.66. The second kappa shape index (κ2) is 6.55. The Morgan fingerprint density at radius 2 is 1.68 bits per heavy atom. The van der Waals surface area contributed by atoms with Gasteiger partial charge >= 0.3 is 12.4 Å². The van der Waals surface area contributed by atoms with Crippen molar-refractivity contribution in [2.75, 3.05) is 20.6 Å². The number of carbonyl (C=O) groups excluding carboxylic acids is 1. The molecule has 124 valence electrons. The molecule has 1 N–H and O–H groups in total. The normalized spacial score (nSPS) is 13.8. The fourth-order valence-corrected chi connectivity index (χ4v) is 1.76. The van der Waals surface area contributed by atoms with E-state index in [0.717, 1.165) is 23.1 Å². The molecule has 0 bridgehead atoms. The average Bonchev–Trinajstić information content (AvgIpc) is 2.36. The molecule has 3 nitrogen and oxygen atoms in total. The van der Waals surface area contributed by atoms with Crippen LogP contribution < -0.4 is 5.32 Å². The molecule has 1 atom stereocenters. The standard InChI is InChI=1S/C13H14F6N2O/c1-21(2)10(22)7-20-11(13(17,18)19)8-5-3-4-6-9(8)12(14,15)16/h3-6,11,20H,7H2,1-2H3/t11-/m1/s1. The SMILES string of the molecule is CN(C)C(=O)CN[C@H](c1ccccc1C(F)(F)F)C(F)(F)F. The third kappa shape index (κ3) is 4.62. The van der Waals surface area contributed by atoms with Gasteiger partial charge in [-0.15, -0.1) is 0 Å². The number of hydrogen-bond donors (Lipinski definition) is 1. The van der Waals surface area contributed by atoms with E-state index < -0.39 is 42.0 Å². The predicted molar refractivity (Wildman–Crippen MR) is 66.9 cm³/mol. The molecule has 1 rings (SSSR count). The Morgan fingerprint density at radius 1 is 1.14 bits per heavy atom. The van der Waals surface area contributed by atoms with Gasteiger partial charge in [0.15, 0.2) is 0 Å². The molecule has 0 fully saturated rings. The zero-order chi connectivity index (χ0) is 17.1. The molecule has 22 heavy (non-hydrogen) atoms. The van der Waals surface area contributed by atoms with E-state index in [-0.39, 0.29) is 0 Å². The molecule has 0 heterocycles. The minimum absolute atomic E-state index is 0.573. The first-order valence-corrected chi connectivity index (χ1v) is 6.11. The fourth-order valence-electron chi connectivity index (χ4n) is 1.76. The number of rotatable bonds is 4. The summed E-state index contributed by atoms with van der Waals surface area (Å²) in [5.74, 6) is -0.682. The van der Waals surface area contributed by atoms with E-state index in [9.17, 15) is 31.1 Å². The molecule has 0 saturated carbocycles. The highest BCUT2D eigenvalue weighted by molar-refractivity contribution is 5.77. The second-order valence-corrected chi connectivity index (χ2v) is 4.73. The molecule has 0 aromatic heterocycles. The van der Waals surface area contributed by atoms with Crippen LogP contribution in [-0.4, -0.2) is 37.6 Å². The van der Waals surface area contributed by atoms with Crippen LogP contribution in [0.15, 0.2) is 24.3 Å². The Balaban J connectivity index is 3.17. The molecule has 0 aliphatic rings. The third-order valence-corrected chi connectivity index (χ3v) is 2.86. The van der Waals surface area contributed by atoms with Crippen LogP contribution >= 0.6 is 0 Å². The first kappa shape index (κ1) is 18.3. The van der Waals surface area contributed by atoms with Crippen LogP contribution in [0.4, 0.5) is 26.3 Å². The van der Waals surface area contributed by atoms with Gasteiger partial charge in [-0.1, -0.05) is 18.2 Å². The lowest BCUT2D eigenvalue weighted by atomic mass is 9.99. The average molecular weight is 328 g/mol. The van der Waals surface area contributed by atoms with Crippen LogP contribution in [0, 0.1) is 0 Å². The summed E-state index contributed by atoms with van der Waals surface area (Å²) in [5, 5.41) is 1.85. The van der Waals surface area contributed by atoms with E-state index in [0.29, 0.717) is 6.07 Å². The van der Waals surface area contributed by atoms with Gasteiger partial charge in [0.2, 0.25) is 5.91 Å². The fraction of sp³-hybridized carbons (Fsp3) is 0.462. The highest BCUT2D eigenvalue weighted by Gasteiger charge is 2.45. The lowest BCUT2D eigenvalue weighted by Gasteiger charge is -2.25. The molecule has 0 radical (unpaired) electrons. The number of benzene rings is 1. The zero-order valence-corrected chi connectivity index (χ0v) is 11.7. The van der Waals surface area contributed by atoms with E-state index in [4.69, 9.17) is 0 Å². The van der Waals surface area contributed by atoms with E-state index in [1.807, 2.05) is 5.32 Å². The molecule has 0 unspecified atom stereocenters. The number of likely N-dealkylation sites (N-methyl/N-ethyl adjacent to an activating group) is 1. The van der Waals surface area contributed by atoms with Crippen molar-refractivity contribution in [3.63, 3.8) is 0 Å². The Kier molecular flexibility index (Phi) is 5.44. The van der Waals surface area contributed by atoms with Gasteiger partial charge in [-0.3, -0.25) is 10.1 Å². The predicted octanol–water partition coefficient (Wildman–Crippen LogP) is 2.99. The maximum atomic E-state index is 13.1. The molecule has 9 heteroatoms. The van der Waals surface area contributed by atoms with Gasteiger partial charge in [-0.2, -0.15) is 26.3 Å². The van der Waals surface area contributed by atoms with Gasteiger partial charge in [0.25, 0.3) is 0 Å². The Bertz CT molecular complexity index is 524. The Labute approximate surface area is 122 Å². The van der Waals surface area contributed by atoms with Crippen LogP contribution in [0.25, 0.3) is 0 Å². The number of nitrogens with zero attached hydrogens (tertiary/aromatic N) is 1. The summed E-state index contributed by atoms with van der Waals surface area (Å²) in [4.78, 5) is 12.4. The maximum Gasteiger partial charge on any atom is 0.416 e. The first-order valence-electron chi connectivity index (χ1n) is 6.11. The number of alkyl halides is 6. The van der Waals surface area contributed by atoms with Crippen molar-refractivity contribution < 1.29 is 31.1 Å². The molecular formula is C13H14F6N2O. The van der Waals surface area contributed by atoms with Crippen LogP contribution in [0.5, 0.6) is 0 Å². The van der Waals surface area contributed by atoms with Crippen LogP contribution in [-0.2, 0) is 11.0 Å².